The van der Waals surface area contributed by atoms with E-state index in [9.17, 15) is 16.9 Å². The van der Waals surface area contributed by atoms with Crippen molar-refractivity contribution in [2.75, 3.05) is 29.0 Å². The van der Waals surface area contributed by atoms with Crippen LogP contribution < -0.4 is 16.0 Å². The van der Waals surface area contributed by atoms with Crippen molar-refractivity contribution >= 4 is 42.2 Å². The number of anilines is 4. The third-order valence-corrected chi connectivity index (χ3v) is 3.99. The van der Waals surface area contributed by atoms with Crippen molar-refractivity contribution in [3.63, 3.8) is 0 Å². The summed E-state index contributed by atoms with van der Waals surface area (Å²) < 4.78 is 59.6. The number of hydrogen-bond donors (Lipinski definition) is 2. The number of nitrogens with two attached hydrogens (primary N) is 1. The summed E-state index contributed by atoms with van der Waals surface area (Å²) in [6.07, 6.45) is 4.96. The van der Waals surface area contributed by atoms with Crippen LogP contribution in [0.3, 0.4) is 0 Å². The molecule has 0 aliphatic rings. The van der Waals surface area contributed by atoms with Crippen LogP contribution in [0.25, 0.3) is 0 Å². The number of halogens is 6. The Morgan fingerprint density at radius 2 is 1.10 bits per heavy atom. The summed E-state index contributed by atoms with van der Waals surface area (Å²) in [6.45, 7) is 6.78. The number of benzene rings is 2. The van der Waals surface area contributed by atoms with Crippen LogP contribution in [0.2, 0.25) is 0 Å². The van der Waals surface area contributed by atoms with Gasteiger partial charge in [0.1, 0.15) is 0 Å². The Balaban J connectivity index is 0.000000553. The normalized spacial score (nSPS) is 13.5. The molecule has 0 radical (unpaired) electrons. The van der Waals surface area contributed by atoms with E-state index in [4.69, 9.17) is 5.73 Å². The van der Waals surface area contributed by atoms with Gasteiger partial charge in [0.25, 0.3) is 0 Å². The van der Waals surface area contributed by atoms with Crippen LogP contribution in [-0.4, -0.2) is 32.6 Å². The molecule has 3 nitrogen and oxygen atoms in total. The fourth-order valence-corrected chi connectivity index (χ4v) is 2.56. The zero-order chi connectivity index (χ0) is 22.9. The fraction of sp³-hybridized carbons (Fsp3) is 0.400. The summed E-state index contributed by atoms with van der Waals surface area (Å²) in [5.74, 6) is 0. The summed E-state index contributed by atoms with van der Waals surface area (Å²) >= 11 is -11.2. The quantitative estimate of drug-likeness (QED) is 0.194. The first-order chi connectivity index (χ1) is 13.7. The van der Waals surface area contributed by atoms with Crippen LogP contribution in [0.1, 0.15) is 39.5 Å². The van der Waals surface area contributed by atoms with Gasteiger partial charge in [0.2, 0.25) is 0 Å². The van der Waals surface area contributed by atoms with Gasteiger partial charge in [-0.25, -0.2) is 0 Å². The van der Waals surface area contributed by atoms with Crippen LogP contribution in [0.15, 0.2) is 48.5 Å². The topological polar surface area (TPSA) is 41.3 Å². The number of rotatable bonds is 9. The molecule has 2 aromatic carbocycles. The molecule has 0 aromatic heterocycles. The molecule has 10 heteroatoms. The van der Waals surface area contributed by atoms with Gasteiger partial charge in [0.15, 0.2) is 0 Å². The Bertz CT molecular complexity index is 743. The van der Waals surface area contributed by atoms with Crippen LogP contribution in [-0.2, 0) is 0 Å². The van der Waals surface area contributed by atoms with Gasteiger partial charge in [0.05, 0.1) is 0 Å². The van der Waals surface area contributed by atoms with Crippen molar-refractivity contribution in [1.29, 1.82) is 0 Å². The molecule has 0 amide bonds. The Morgan fingerprint density at radius 3 is 1.47 bits per heavy atom. The Labute approximate surface area is 176 Å². The number of nitrogen functional groups attached to an aromatic ring is 1. The molecule has 0 saturated carbocycles. The molecule has 0 spiro atoms. The van der Waals surface area contributed by atoms with Gasteiger partial charge in [-0.1, -0.05) is 26.7 Å². The summed E-state index contributed by atoms with van der Waals surface area (Å²) in [5, 5.41) is 3.41. The number of nitrogens with one attached hydrogen (secondary N) is 1. The van der Waals surface area contributed by atoms with Crippen LogP contribution in [0.5, 0.6) is 0 Å². The monoisotopic (exact) mass is 546 g/mol. The van der Waals surface area contributed by atoms with Crippen molar-refractivity contribution in [2.45, 2.75) is 39.5 Å². The van der Waals surface area contributed by atoms with E-state index in [-0.39, 0.29) is 0 Å². The zero-order valence-corrected chi connectivity index (χ0v) is 19.7. The van der Waals surface area contributed by atoms with Crippen molar-refractivity contribution in [1.82, 2.24) is 0 Å². The number of unbranched alkanes of at least 4 members (excludes halogenated alkanes) is 2. The van der Waals surface area contributed by atoms with Crippen LogP contribution >= 0.6 is 0 Å². The van der Waals surface area contributed by atoms with Crippen molar-refractivity contribution < 1.29 is 16.9 Å². The van der Waals surface area contributed by atoms with Gasteiger partial charge in [-0.05, 0) is 61.4 Å². The first-order valence-corrected chi connectivity index (χ1v) is 15.5. The maximum atomic E-state index is 9.93. The SMILES string of the molecule is CCCCN(CCCC)c1ccc(Nc2ccc(N)cc2)cc1.[F][Sb-]([F])([F])([F])([F])[F]. The van der Waals surface area contributed by atoms with Gasteiger partial charge in [-0.2, -0.15) is 0 Å². The predicted molar refractivity (Wildman–Crippen MR) is 115 cm³/mol. The second-order valence-corrected chi connectivity index (χ2v) is 12.4. The average molecular weight is 547 g/mol. The molecule has 0 fully saturated rings. The first-order valence-electron chi connectivity index (χ1n) is 9.72. The van der Waals surface area contributed by atoms with E-state index in [2.05, 4.69) is 48.3 Å². The fourth-order valence-electron chi connectivity index (χ4n) is 2.56. The molecule has 0 unspecified atom stereocenters. The minimum atomic E-state index is -11.2. The Hall–Kier alpha value is -1.76. The minimum absolute atomic E-state index is 0.786. The summed E-state index contributed by atoms with van der Waals surface area (Å²) in [7, 11) is 0. The maximum absolute atomic E-state index is 11.2. The zero-order valence-electron chi connectivity index (χ0n) is 17.1. The number of hydrogen-bond acceptors (Lipinski definition) is 3. The molecule has 0 aliphatic heterocycles. The summed E-state index contributed by atoms with van der Waals surface area (Å²) in [6, 6.07) is 16.5. The van der Waals surface area contributed by atoms with Crippen LogP contribution in [0, 0.1) is 0 Å². The van der Waals surface area contributed by atoms with E-state index in [0.717, 1.165) is 30.2 Å². The Morgan fingerprint density at radius 1 is 0.733 bits per heavy atom. The van der Waals surface area contributed by atoms with Crippen LogP contribution in [0.4, 0.5) is 39.6 Å². The van der Waals surface area contributed by atoms with E-state index in [1.54, 1.807) is 0 Å². The Kier molecular flexibility index (Phi) is 8.78. The molecule has 0 saturated heterocycles. The molecule has 0 aliphatic carbocycles. The molecule has 2 rings (SSSR count). The van der Waals surface area contributed by atoms with Gasteiger partial charge in [0, 0.05) is 35.8 Å². The average Bonchev–Trinajstić information content (AvgIpc) is 2.62. The second-order valence-electron chi connectivity index (χ2n) is 6.95. The molecule has 0 atom stereocenters. The van der Waals surface area contributed by atoms with Crippen molar-refractivity contribution in [3.8, 4) is 0 Å². The van der Waals surface area contributed by atoms with Crippen molar-refractivity contribution in [2.24, 2.45) is 0 Å². The molecule has 0 bridgehead atoms. The molecule has 0 heterocycles. The van der Waals surface area contributed by atoms with Gasteiger partial charge < -0.3 is 16.0 Å². The van der Waals surface area contributed by atoms with Gasteiger partial charge in [-0.15, -0.1) is 0 Å². The predicted octanol–water partition coefficient (Wildman–Crippen LogP) is 7.56. The number of nitrogens with zero attached hydrogens (tertiary/aromatic N) is 1. The summed E-state index contributed by atoms with van der Waals surface area (Å²) in [4.78, 5) is 2.50. The molecular formula is C20H29F6N3Sb-. The summed E-state index contributed by atoms with van der Waals surface area (Å²) in [5.41, 5.74) is 9.98. The first kappa shape index (κ1) is 26.3. The molecule has 30 heavy (non-hydrogen) atoms. The van der Waals surface area contributed by atoms with E-state index in [0.29, 0.717) is 0 Å². The van der Waals surface area contributed by atoms with Gasteiger partial charge in [-0.3, -0.25) is 0 Å². The third-order valence-electron chi connectivity index (χ3n) is 3.99. The standard InChI is InChI=1S/C20H29N3.6FH.Sb/c1-3-5-15-23(16-6-4-2)20-13-11-19(12-14-20)22-18-9-7-17(21)8-10-18;;;;;;;/h7-14,22H,3-6,15-16,21H2,1-2H3;6*1H;/q;;;;;;;+5/p-6. The van der Waals surface area contributed by atoms with E-state index >= 15 is 0 Å². The third kappa shape index (κ3) is 14.3. The van der Waals surface area contributed by atoms with Gasteiger partial charge >= 0.3 is 36.4 Å². The van der Waals surface area contributed by atoms with E-state index in [1.165, 1.54) is 31.4 Å². The van der Waals surface area contributed by atoms with E-state index in [1.807, 2.05) is 24.3 Å². The molecular weight excluding hydrogens is 518 g/mol. The molecule has 172 valence electrons. The van der Waals surface area contributed by atoms with E-state index < -0.39 is 19.5 Å². The second kappa shape index (κ2) is 10.0. The molecule has 2 aromatic rings. The molecule has 3 N–H and O–H groups in total. The van der Waals surface area contributed by atoms with Crippen molar-refractivity contribution in [3.05, 3.63) is 48.5 Å².